The molecule has 1 fully saturated rings. The fourth-order valence-corrected chi connectivity index (χ4v) is 2.75. The Hall–Kier alpha value is -1.78. The summed E-state index contributed by atoms with van der Waals surface area (Å²) in [7, 11) is 0. The van der Waals surface area contributed by atoms with Crippen molar-refractivity contribution in [2.45, 2.75) is 38.1 Å². The minimum Gasteiger partial charge on any atom is -0.480 e. The SMILES string of the molecule is C=CCN(CC=C)C(=O)NC1(C(=O)O)CCCC(C)C1. The van der Waals surface area contributed by atoms with E-state index in [4.69, 9.17) is 0 Å². The Morgan fingerprint density at radius 1 is 1.40 bits per heavy atom. The molecule has 0 saturated heterocycles. The molecule has 20 heavy (non-hydrogen) atoms. The Morgan fingerprint density at radius 3 is 2.45 bits per heavy atom. The van der Waals surface area contributed by atoms with E-state index in [1.54, 1.807) is 12.2 Å². The minimum absolute atomic E-state index is 0.299. The van der Waals surface area contributed by atoms with Gasteiger partial charge in [0.1, 0.15) is 5.54 Å². The lowest BCUT2D eigenvalue weighted by molar-refractivity contribution is -0.146. The van der Waals surface area contributed by atoms with Crippen molar-refractivity contribution in [2.24, 2.45) is 5.92 Å². The van der Waals surface area contributed by atoms with Crippen LogP contribution in [0, 0.1) is 5.92 Å². The number of aliphatic carboxylic acids is 1. The van der Waals surface area contributed by atoms with Gasteiger partial charge < -0.3 is 15.3 Å². The largest absolute Gasteiger partial charge is 0.480 e. The fraction of sp³-hybridized carbons (Fsp3) is 0.600. The molecule has 1 aliphatic rings. The Kier molecular flexibility index (Phi) is 5.80. The van der Waals surface area contributed by atoms with Crippen LogP contribution in [0.15, 0.2) is 25.3 Å². The molecule has 0 aromatic rings. The smallest absolute Gasteiger partial charge is 0.329 e. The molecular weight excluding hydrogens is 256 g/mol. The Bertz CT molecular complexity index is 385. The Labute approximate surface area is 120 Å². The third-order valence-corrected chi connectivity index (χ3v) is 3.74. The predicted octanol–water partition coefficient (Wildman–Crippen LogP) is 2.40. The van der Waals surface area contributed by atoms with Crippen LogP contribution in [0.25, 0.3) is 0 Å². The summed E-state index contributed by atoms with van der Waals surface area (Å²) >= 11 is 0. The van der Waals surface area contributed by atoms with Crippen molar-refractivity contribution in [3.05, 3.63) is 25.3 Å². The van der Waals surface area contributed by atoms with Crippen molar-refractivity contribution < 1.29 is 14.7 Å². The molecule has 0 aromatic heterocycles. The first-order chi connectivity index (χ1) is 9.45. The molecule has 0 heterocycles. The summed E-state index contributed by atoms with van der Waals surface area (Å²) in [5.74, 6) is -0.651. The number of urea groups is 1. The van der Waals surface area contributed by atoms with Gasteiger partial charge in [0.05, 0.1) is 0 Å². The lowest BCUT2D eigenvalue weighted by atomic mass is 9.76. The summed E-state index contributed by atoms with van der Waals surface area (Å²) in [5, 5.41) is 12.2. The number of carboxylic acids is 1. The highest BCUT2D eigenvalue weighted by atomic mass is 16.4. The molecule has 5 nitrogen and oxygen atoms in total. The topological polar surface area (TPSA) is 69.6 Å². The summed E-state index contributed by atoms with van der Waals surface area (Å²) in [6.07, 6.45) is 6.00. The fourth-order valence-electron chi connectivity index (χ4n) is 2.75. The standard InChI is InChI=1S/C15H24N2O3/c1-4-9-17(10-5-2)14(20)16-15(13(18)19)8-6-7-12(3)11-15/h4-5,12H,1-2,6-11H2,3H3,(H,16,20)(H,18,19). The maximum absolute atomic E-state index is 12.3. The first-order valence-corrected chi connectivity index (χ1v) is 6.97. The van der Waals surface area contributed by atoms with E-state index in [2.05, 4.69) is 18.5 Å². The maximum Gasteiger partial charge on any atom is 0.329 e. The highest BCUT2D eigenvalue weighted by Gasteiger charge is 2.43. The molecule has 1 aliphatic carbocycles. The van der Waals surface area contributed by atoms with Gasteiger partial charge in [0.15, 0.2) is 0 Å². The van der Waals surface area contributed by atoms with Gasteiger partial charge in [-0.25, -0.2) is 9.59 Å². The molecule has 0 spiro atoms. The van der Waals surface area contributed by atoms with Gasteiger partial charge in [0.2, 0.25) is 0 Å². The Morgan fingerprint density at radius 2 is 2.00 bits per heavy atom. The molecule has 2 amide bonds. The van der Waals surface area contributed by atoms with E-state index < -0.39 is 11.5 Å². The molecular formula is C15H24N2O3. The van der Waals surface area contributed by atoms with Crippen molar-refractivity contribution in [1.82, 2.24) is 10.2 Å². The van der Waals surface area contributed by atoms with Crippen LogP contribution in [-0.4, -0.2) is 40.6 Å². The third-order valence-electron chi connectivity index (χ3n) is 3.74. The molecule has 112 valence electrons. The summed E-state index contributed by atoms with van der Waals surface area (Å²) in [4.78, 5) is 25.4. The van der Waals surface area contributed by atoms with Gasteiger partial charge in [0, 0.05) is 13.1 Å². The van der Waals surface area contributed by atoms with E-state index in [1.165, 1.54) is 4.90 Å². The van der Waals surface area contributed by atoms with Gasteiger partial charge in [-0.15, -0.1) is 13.2 Å². The number of nitrogens with one attached hydrogen (secondary N) is 1. The molecule has 0 aliphatic heterocycles. The average Bonchev–Trinajstić information content (AvgIpc) is 2.38. The molecule has 0 bridgehead atoms. The van der Waals surface area contributed by atoms with Crippen molar-refractivity contribution in [3.8, 4) is 0 Å². The zero-order valence-corrected chi connectivity index (χ0v) is 12.1. The number of carbonyl (C=O) groups is 2. The van der Waals surface area contributed by atoms with Crippen LogP contribution < -0.4 is 5.32 Å². The second-order valence-corrected chi connectivity index (χ2v) is 5.50. The first kappa shape index (κ1) is 16.3. The van der Waals surface area contributed by atoms with Gasteiger partial charge in [-0.2, -0.15) is 0 Å². The molecule has 2 atom stereocenters. The molecule has 1 saturated carbocycles. The average molecular weight is 280 g/mol. The number of hydrogen-bond acceptors (Lipinski definition) is 2. The van der Waals surface area contributed by atoms with Gasteiger partial charge in [-0.05, 0) is 18.8 Å². The van der Waals surface area contributed by atoms with Gasteiger partial charge in [-0.3, -0.25) is 0 Å². The monoisotopic (exact) mass is 280 g/mol. The predicted molar refractivity (Wildman–Crippen MR) is 78.5 cm³/mol. The van der Waals surface area contributed by atoms with Crippen LogP contribution >= 0.6 is 0 Å². The number of carboxylic acid groups (broad SMARTS) is 1. The summed E-state index contributed by atoms with van der Waals surface area (Å²) in [6.45, 7) is 9.96. The quantitative estimate of drug-likeness (QED) is 0.734. The normalized spacial score (nSPS) is 25.6. The maximum atomic E-state index is 12.3. The van der Waals surface area contributed by atoms with Crippen LogP contribution in [-0.2, 0) is 4.79 Å². The lowest BCUT2D eigenvalue weighted by Gasteiger charge is -2.38. The number of rotatable bonds is 6. The minimum atomic E-state index is -1.14. The number of nitrogens with zero attached hydrogens (tertiary/aromatic N) is 1. The molecule has 0 radical (unpaired) electrons. The zero-order valence-electron chi connectivity index (χ0n) is 12.1. The van der Waals surface area contributed by atoms with E-state index in [1.807, 2.05) is 6.92 Å². The molecule has 2 unspecified atom stereocenters. The van der Waals surface area contributed by atoms with E-state index >= 15 is 0 Å². The van der Waals surface area contributed by atoms with Crippen LogP contribution in [0.4, 0.5) is 4.79 Å². The van der Waals surface area contributed by atoms with Crippen LogP contribution in [0.1, 0.15) is 32.6 Å². The van der Waals surface area contributed by atoms with Crippen molar-refractivity contribution in [3.63, 3.8) is 0 Å². The summed E-state index contributed by atoms with van der Waals surface area (Å²) in [6, 6.07) is -0.374. The van der Waals surface area contributed by atoms with E-state index in [9.17, 15) is 14.7 Å². The molecule has 2 N–H and O–H groups in total. The second-order valence-electron chi connectivity index (χ2n) is 5.50. The number of amides is 2. The zero-order chi connectivity index (χ0) is 15.2. The van der Waals surface area contributed by atoms with Gasteiger partial charge in [0.25, 0.3) is 0 Å². The van der Waals surface area contributed by atoms with E-state index in [-0.39, 0.29) is 6.03 Å². The first-order valence-electron chi connectivity index (χ1n) is 6.97. The van der Waals surface area contributed by atoms with Crippen LogP contribution in [0.5, 0.6) is 0 Å². The van der Waals surface area contributed by atoms with Crippen molar-refractivity contribution in [2.75, 3.05) is 13.1 Å². The number of hydrogen-bond donors (Lipinski definition) is 2. The third kappa shape index (κ3) is 3.85. The van der Waals surface area contributed by atoms with E-state index in [0.29, 0.717) is 31.8 Å². The van der Waals surface area contributed by atoms with Crippen LogP contribution in [0.3, 0.4) is 0 Å². The summed E-state index contributed by atoms with van der Waals surface area (Å²) in [5.41, 5.74) is -1.14. The van der Waals surface area contributed by atoms with Crippen molar-refractivity contribution >= 4 is 12.0 Å². The second kappa shape index (κ2) is 7.12. The summed E-state index contributed by atoms with van der Waals surface area (Å²) < 4.78 is 0. The van der Waals surface area contributed by atoms with E-state index in [0.717, 1.165) is 12.8 Å². The highest BCUT2D eigenvalue weighted by molar-refractivity contribution is 5.86. The van der Waals surface area contributed by atoms with Gasteiger partial charge in [-0.1, -0.05) is 31.9 Å². The number of carbonyl (C=O) groups excluding carboxylic acids is 1. The molecule has 5 heteroatoms. The highest BCUT2D eigenvalue weighted by Crippen LogP contribution is 2.32. The van der Waals surface area contributed by atoms with Crippen molar-refractivity contribution in [1.29, 1.82) is 0 Å². The molecule has 0 aromatic carbocycles. The lowest BCUT2D eigenvalue weighted by Crippen LogP contribution is -2.59. The van der Waals surface area contributed by atoms with Crippen LogP contribution in [0.2, 0.25) is 0 Å². The molecule has 1 rings (SSSR count). The Balaban J connectivity index is 2.83. The van der Waals surface area contributed by atoms with Gasteiger partial charge >= 0.3 is 12.0 Å².